The molecule has 0 aliphatic heterocycles. The van der Waals surface area contributed by atoms with E-state index < -0.39 is 0 Å². The summed E-state index contributed by atoms with van der Waals surface area (Å²) in [5.41, 5.74) is 3.10. The lowest BCUT2D eigenvalue weighted by atomic mass is 9.90. The van der Waals surface area contributed by atoms with Crippen molar-refractivity contribution < 1.29 is 9.32 Å². The van der Waals surface area contributed by atoms with Gasteiger partial charge in [0.2, 0.25) is 5.76 Å². The number of allylic oxidation sites excluding steroid dienone is 4. The van der Waals surface area contributed by atoms with Gasteiger partial charge in [0.15, 0.2) is 0 Å². The van der Waals surface area contributed by atoms with E-state index in [0.717, 1.165) is 34.6 Å². The molecule has 1 saturated carbocycles. The molecule has 4 nitrogen and oxygen atoms in total. The second kappa shape index (κ2) is 8.72. The van der Waals surface area contributed by atoms with Gasteiger partial charge in [-0.05, 0) is 55.9 Å². The molecule has 2 aromatic rings. The fourth-order valence-electron chi connectivity index (χ4n) is 2.90. The smallest absolute Gasteiger partial charge is 0.295 e. The number of benzene rings is 1. The molecule has 1 fully saturated rings. The first-order chi connectivity index (χ1) is 12.7. The van der Waals surface area contributed by atoms with Crippen molar-refractivity contribution in [3.8, 4) is 0 Å². The molecule has 0 atom stereocenters. The van der Waals surface area contributed by atoms with Gasteiger partial charge >= 0.3 is 0 Å². The summed E-state index contributed by atoms with van der Waals surface area (Å²) in [6.45, 7) is 5.61. The maximum atomic E-state index is 12.6. The molecule has 3 rings (SSSR count). The fraction of sp³-hybridized carbons (Fsp3) is 0.238. The van der Waals surface area contributed by atoms with Crippen LogP contribution in [0.25, 0.3) is 0 Å². The number of carbonyl (C=O) groups is 1. The summed E-state index contributed by atoms with van der Waals surface area (Å²) in [7, 11) is 0. The minimum atomic E-state index is -0.278. The molecule has 1 aliphatic carbocycles. The predicted octanol–water partition coefficient (Wildman–Crippen LogP) is 5.43. The van der Waals surface area contributed by atoms with E-state index in [4.69, 9.17) is 4.52 Å². The summed E-state index contributed by atoms with van der Waals surface area (Å²) >= 11 is 1.48. The van der Waals surface area contributed by atoms with Crippen molar-refractivity contribution in [1.82, 2.24) is 10.5 Å². The van der Waals surface area contributed by atoms with Crippen LogP contribution in [0.2, 0.25) is 0 Å². The molecule has 0 bridgehead atoms. The van der Waals surface area contributed by atoms with Crippen LogP contribution in [0.15, 0.2) is 80.7 Å². The minimum Gasteiger partial charge on any atom is -0.349 e. The van der Waals surface area contributed by atoms with Crippen molar-refractivity contribution in [2.24, 2.45) is 0 Å². The highest BCUT2D eigenvalue weighted by Gasteiger charge is 2.21. The third kappa shape index (κ3) is 4.35. The zero-order chi connectivity index (χ0) is 18.4. The van der Waals surface area contributed by atoms with E-state index in [9.17, 15) is 4.79 Å². The van der Waals surface area contributed by atoms with Gasteiger partial charge in [0, 0.05) is 11.1 Å². The number of amides is 1. The zero-order valence-electron chi connectivity index (χ0n) is 14.8. The van der Waals surface area contributed by atoms with Crippen LogP contribution in [-0.2, 0) is 0 Å². The van der Waals surface area contributed by atoms with Crippen LogP contribution < -0.4 is 5.32 Å². The number of nitrogens with zero attached hydrogens (tertiary/aromatic N) is 1. The van der Waals surface area contributed by atoms with Gasteiger partial charge in [-0.25, -0.2) is 0 Å². The first-order valence-electron chi connectivity index (χ1n) is 8.70. The van der Waals surface area contributed by atoms with E-state index in [1.165, 1.54) is 23.8 Å². The van der Waals surface area contributed by atoms with Crippen molar-refractivity contribution in [2.45, 2.75) is 42.4 Å². The van der Waals surface area contributed by atoms with Gasteiger partial charge in [-0.3, -0.25) is 4.79 Å². The monoisotopic (exact) mass is 366 g/mol. The van der Waals surface area contributed by atoms with E-state index in [0.29, 0.717) is 5.69 Å². The summed E-state index contributed by atoms with van der Waals surface area (Å²) in [5, 5.41) is 6.84. The molecule has 134 valence electrons. The Morgan fingerprint density at radius 2 is 1.96 bits per heavy atom. The number of aromatic nitrogens is 1. The van der Waals surface area contributed by atoms with E-state index in [1.54, 1.807) is 12.3 Å². The van der Waals surface area contributed by atoms with E-state index in [-0.39, 0.29) is 11.7 Å². The number of hydrogen-bond donors (Lipinski definition) is 1. The van der Waals surface area contributed by atoms with Crippen LogP contribution in [0.5, 0.6) is 0 Å². The maximum absolute atomic E-state index is 12.6. The molecule has 1 heterocycles. The average Bonchev–Trinajstić information content (AvgIpc) is 3.02. The Morgan fingerprint density at radius 3 is 2.69 bits per heavy atom. The number of aryl methyl sites for hydroxylation is 1. The molecule has 0 unspecified atom stereocenters. The molecule has 5 heteroatoms. The number of rotatable bonds is 5. The molecule has 1 aliphatic rings. The molecule has 0 spiro atoms. The Bertz CT molecular complexity index is 850. The Labute approximate surface area is 158 Å². The van der Waals surface area contributed by atoms with Gasteiger partial charge in [0.1, 0.15) is 0 Å². The van der Waals surface area contributed by atoms with Gasteiger partial charge < -0.3 is 9.84 Å². The summed E-state index contributed by atoms with van der Waals surface area (Å²) in [5.74, 6) is -0.0293. The van der Waals surface area contributed by atoms with Gasteiger partial charge in [-0.2, -0.15) is 0 Å². The number of nitrogens with one attached hydrogen (secondary N) is 1. The Kier molecular flexibility index (Phi) is 6.12. The molecule has 26 heavy (non-hydrogen) atoms. The average molecular weight is 366 g/mol. The number of carbonyl (C=O) groups excluding carboxylic acids is 1. The quantitative estimate of drug-likeness (QED) is 0.766. The van der Waals surface area contributed by atoms with Crippen molar-refractivity contribution in [3.05, 3.63) is 77.9 Å². The lowest BCUT2D eigenvalue weighted by molar-refractivity contribution is 0.0929. The lowest BCUT2D eigenvalue weighted by Crippen LogP contribution is -2.19. The predicted molar refractivity (Wildman–Crippen MR) is 104 cm³/mol. The molecule has 1 amide bonds. The Balaban J connectivity index is 1.77. The molecule has 1 N–H and O–H groups in total. The van der Waals surface area contributed by atoms with Crippen LogP contribution in [-0.4, -0.2) is 11.1 Å². The highest BCUT2D eigenvalue weighted by Crippen LogP contribution is 2.33. The van der Waals surface area contributed by atoms with E-state index >= 15 is 0 Å². The van der Waals surface area contributed by atoms with Gasteiger partial charge in [0.05, 0.1) is 10.6 Å². The standard InChI is InChI=1S/C21H22N2O2S/c1-3-9-16-10-7-8-11-17(16)14-22-21(24)19-20(15(2)23-25-19)26-18-12-5-4-6-13-18/h3-6,9,12-14H,1,7-8,10-11H2,2H3,(H,22,24)/b16-9-,17-14+. The minimum absolute atomic E-state index is 0.248. The van der Waals surface area contributed by atoms with Crippen LogP contribution in [0.3, 0.4) is 0 Å². The second-order valence-corrected chi connectivity index (χ2v) is 7.20. The normalized spacial score (nSPS) is 17.4. The van der Waals surface area contributed by atoms with Crippen molar-refractivity contribution in [2.75, 3.05) is 0 Å². The van der Waals surface area contributed by atoms with Gasteiger partial charge in [-0.15, -0.1) is 0 Å². The Hall–Kier alpha value is -2.53. The van der Waals surface area contributed by atoms with Crippen molar-refractivity contribution in [1.29, 1.82) is 0 Å². The topological polar surface area (TPSA) is 55.1 Å². The largest absolute Gasteiger partial charge is 0.349 e. The van der Waals surface area contributed by atoms with Crippen molar-refractivity contribution in [3.63, 3.8) is 0 Å². The molecule has 0 radical (unpaired) electrons. The molecular formula is C21H22N2O2S. The maximum Gasteiger partial charge on any atom is 0.295 e. The first kappa shape index (κ1) is 18.3. The summed E-state index contributed by atoms with van der Waals surface area (Å²) in [6, 6.07) is 9.88. The highest BCUT2D eigenvalue weighted by molar-refractivity contribution is 7.99. The van der Waals surface area contributed by atoms with Crippen molar-refractivity contribution >= 4 is 17.7 Å². The Morgan fingerprint density at radius 1 is 1.23 bits per heavy atom. The van der Waals surface area contributed by atoms with Crippen LogP contribution in [0, 0.1) is 6.92 Å². The zero-order valence-corrected chi connectivity index (χ0v) is 15.6. The fourth-order valence-corrected chi connectivity index (χ4v) is 3.84. The van der Waals surface area contributed by atoms with Crippen LogP contribution >= 0.6 is 11.8 Å². The highest BCUT2D eigenvalue weighted by atomic mass is 32.2. The van der Waals surface area contributed by atoms with E-state index in [2.05, 4.69) is 17.1 Å². The summed E-state index contributed by atoms with van der Waals surface area (Å²) in [4.78, 5) is 14.4. The second-order valence-electron chi connectivity index (χ2n) is 6.12. The molecular weight excluding hydrogens is 344 g/mol. The third-order valence-corrected chi connectivity index (χ3v) is 5.42. The van der Waals surface area contributed by atoms with Crippen LogP contribution in [0.4, 0.5) is 0 Å². The van der Waals surface area contributed by atoms with Crippen LogP contribution in [0.1, 0.15) is 41.9 Å². The van der Waals surface area contributed by atoms with E-state index in [1.807, 2.05) is 43.3 Å². The molecule has 0 saturated heterocycles. The molecule has 1 aromatic heterocycles. The van der Waals surface area contributed by atoms with Gasteiger partial charge in [-0.1, -0.05) is 53.8 Å². The number of hydrogen-bond acceptors (Lipinski definition) is 4. The third-order valence-electron chi connectivity index (χ3n) is 4.23. The summed E-state index contributed by atoms with van der Waals surface area (Å²) < 4.78 is 5.30. The summed E-state index contributed by atoms with van der Waals surface area (Å²) in [6.07, 6.45) is 9.89. The lowest BCUT2D eigenvalue weighted by Gasteiger charge is -2.17. The first-order valence-corrected chi connectivity index (χ1v) is 9.51. The SMILES string of the molecule is C=C/C=C1/CCCC/C1=C\NC(=O)c1onc(C)c1Sc1ccccc1. The molecule has 1 aromatic carbocycles. The van der Waals surface area contributed by atoms with Gasteiger partial charge in [0.25, 0.3) is 5.91 Å².